The minimum Gasteiger partial charge on any atom is -0.353 e. The summed E-state index contributed by atoms with van der Waals surface area (Å²) in [6, 6.07) is 19.6. The van der Waals surface area contributed by atoms with E-state index in [4.69, 9.17) is 0 Å². The van der Waals surface area contributed by atoms with Crippen LogP contribution in [0.25, 0.3) is 21.8 Å². The fourth-order valence-corrected chi connectivity index (χ4v) is 5.27. The van der Waals surface area contributed by atoms with Gasteiger partial charge >= 0.3 is 0 Å². The summed E-state index contributed by atoms with van der Waals surface area (Å²) in [5.41, 5.74) is 2.79. The zero-order valence-electron chi connectivity index (χ0n) is 18.5. The number of fused-ring (bicyclic) bond motifs is 2. The topological polar surface area (TPSA) is 97.3 Å². The van der Waals surface area contributed by atoms with E-state index in [9.17, 15) is 18.0 Å². The van der Waals surface area contributed by atoms with E-state index < -0.39 is 10.0 Å². The van der Waals surface area contributed by atoms with E-state index in [1.807, 2.05) is 41.8 Å². The van der Waals surface area contributed by atoms with E-state index in [2.05, 4.69) is 10.0 Å². The molecule has 0 radical (unpaired) electrons. The van der Waals surface area contributed by atoms with Crippen molar-refractivity contribution in [3.63, 3.8) is 0 Å². The van der Waals surface area contributed by atoms with Gasteiger partial charge in [0.2, 0.25) is 15.9 Å². The quantitative estimate of drug-likeness (QED) is 0.325. The lowest BCUT2D eigenvalue weighted by Gasteiger charge is -2.15. The van der Waals surface area contributed by atoms with Crippen molar-refractivity contribution in [2.75, 3.05) is 13.1 Å². The van der Waals surface area contributed by atoms with Crippen LogP contribution in [0.5, 0.6) is 0 Å². The van der Waals surface area contributed by atoms with Gasteiger partial charge in [-0.3, -0.25) is 9.59 Å². The molecular formula is C25H25N3O4S. The number of aryl methyl sites for hydroxylation is 2. The number of para-hydroxylation sites is 2. The van der Waals surface area contributed by atoms with Gasteiger partial charge in [-0.25, -0.2) is 13.1 Å². The van der Waals surface area contributed by atoms with Gasteiger partial charge in [-0.2, -0.15) is 0 Å². The zero-order valence-corrected chi connectivity index (χ0v) is 19.3. The van der Waals surface area contributed by atoms with Crippen molar-refractivity contribution in [2.24, 2.45) is 0 Å². The normalized spacial score (nSPS) is 11.7. The molecule has 33 heavy (non-hydrogen) atoms. The summed E-state index contributed by atoms with van der Waals surface area (Å²) in [5, 5.41) is 3.85. The number of aromatic nitrogens is 1. The molecule has 0 aliphatic carbocycles. The van der Waals surface area contributed by atoms with Crippen LogP contribution >= 0.6 is 0 Å². The molecule has 1 heterocycles. The predicted octanol–water partition coefficient (Wildman–Crippen LogP) is 2.87. The number of pyridine rings is 1. The molecule has 1 aromatic heterocycles. The third-order valence-corrected chi connectivity index (χ3v) is 7.16. The van der Waals surface area contributed by atoms with Crippen molar-refractivity contribution in [2.45, 2.75) is 25.3 Å². The molecule has 1 amide bonds. The first kappa shape index (κ1) is 22.7. The van der Waals surface area contributed by atoms with E-state index in [-0.39, 0.29) is 35.9 Å². The fraction of sp³-hybridized carbons (Fsp3) is 0.200. The third kappa shape index (κ3) is 4.67. The molecule has 7 nitrogen and oxygen atoms in total. The van der Waals surface area contributed by atoms with Gasteiger partial charge in [0.25, 0.3) is 0 Å². The molecule has 0 saturated heterocycles. The summed E-state index contributed by atoms with van der Waals surface area (Å²) in [7, 11) is -3.67. The molecule has 0 fully saturated rings. The minimum absolute atomic E-state index is 0.00500. The summed E-state index contributed by atoms with van der Waals surface area (Å²) in [4.78, 5) is 25.7. The number of nitrogens with zero attached hydrogens (tertiary/aromatic N) is 1. The van der Waals surface area contributed by atoms with Gasteiger partial charge in [-0.1, -0.05) is 36.4 Å². The highest BCUT2D eigenvalue weighted by Gasteiger charge is 2.17. The van der Waals surface area contributed by atoms with Crippen LogP contribution in [0.3, 0.4) is 0 Å². The van der Waals surface area contributed by atoms with Crippen molar-refractivity contribution in [1.82, 2.24) is 14.6 Å². The monoisotopic (exact) mass is 463 g/mol. The maximum absolute atomic E-state index is 12.8. The number of benzene rings is 3. The first-order valence-corrected chi connectivity index (χ1v) is 12.1. The molecule has 8 heteroatoms. The highest BCUT2D eigenvalue weighted by atomic mass is 32.2. The maximum atomic E-state index is 12.8. The van der Waals surface area contributed by atoms with Crippen LogP contribution in [0.1, 0.15) is 11.1 Å². The molecule has 0 bridgehead atoms. The standard InChI is InChI=1S/C25H25N3O4S/c1-17-11-12-18(2)23(15-17)33(31,32)27-14-13-26-24(29)16-28-21-9-5-3-7-19(21)25(30)20-8-4-6-10-22(20)28/h3-12,15,27H,13-14,16H2,1-2H3,(H,26,29). The number of rotatable bonds is 7. The predicted molar refractivity (Wildman–Crippen MR) is 130 cm³/mol. The molecule has 0 aliphatic rings. The molecule has 4 aromatic rings. The van der Waals surface area contributed by atoms with Gasteiger partial charge in [0, 0.05) is 23.9 Å². The summed E-state index contributed by atoms with van der Waals surface area (Å²) < 4.78 is 29.6. The number of amides is 1. The Kier molecular flexibility index (Phi) is 6.31. The summed E-state index contributed by atoms with van der Waals surface area (Å²) in [6.45, 7) is 3.79. The maximum Gasteiger partial charge on any atom is 0.240 e. The van der Waals surface area contributed by atoms with E-state index in [1.54, 1.807) is 43.3 Å². The van der Waals surface area contributed by atoms with Crippen LogP contribution in [0.4, 0.5) is 0 Å². The Morgan fingerprint density at radius 2 is 1.48 bits per heavy atom. The van der Waals surface area contributed by atoms with Crippen LogP contribution in [0.2, 0.25) is 0 Å². The lowest BCUT2D eigenvalue weighted by molar-refractivity contribution is -0.121. The average molecular weight is 464 g/mol. The second kappa shape index (κ2) is 9.17. The molecule has 0 atom stereocenters. The molecule has 0 unspecified atom stereocenters. The highest BCUT2D eigenvalue weighted by Crippen LogP contribution is 2.19. The van der Waals surface area contributed by atoms with Gasteiger partial charge in [0.1, 0.15) is 6.54 Å². The Balaban J connectivity index is 1.47. The fourth-order valence-electron chi connectivity index (χ4n) is 3.91. The minimum atomic E-state index is -3.67. The van der Waals surface area contributed by atoms with Crippen molar-refractivity contribution in [3.05, 3.63) is 88.1 Å². The first-order chi connectivity index (χ1) is 15.8. The third-order valence-electron chi connectivity index (χ3n) is 5.55. The number of carbonyl (C=O) groups excluding carboxylic acids is 1. The molecule has 170 valence electrons. The van der Waals surface area contributed by atoms with E-state index >= 15 is 0 Å². The summed E-state index contributed by atoms with van der Waals surface area (Å²) in [6.07, 6.45) is 0. The lowest BCUT2D eigenvalue weighted by Crippen LogP contribution is -2.36. The number of hydrogen-bond acceptors (Lipinski definition) is 4. The first-order valence-electron chi connectivity index (χ1n) is 10.6. The van der Waals surface area contributed by atoms with Crippen molar-refractivity contribution in [1.29, 1.82) is 0 Å². The molecule has 3 aromatic carbocycles. The smallest absolute Gasteiger partial charge is 0.240 e. The van der Waals surface area contributed by atoms with E-state index in [0.717, 1.165) is 5.56 Å². The van der Waals surface area contributed by atoms with Gasteiger partial charge in [0.05, 0.1) is 15.9 Å². The van der Waals surface area contributed by atoms with Crippen molar-refractivity contribution < 1.29 is 13.2 Å². The van der Waals surface area contributed by atoms with Gasteiger partial charge in [0.15, 0.2) is 5.43 Å². The van der Waals surface area contributed by atoms with Gasteiger partial charge in [-0.05, 0) is 55.3 Å². The molecule has 2 N–H and O–H groups in total. The van der Waals surface area contributed by atoms with Crippen LogP contribution in [0, 0.1) is 13.8 Å². The highest BCUT2D eigenvalue weighted by molar-refractivity contribution is 7.89. The zero-order chi connectivity index (χ0) is 23.6. The second-order valence-electron chi connectivity index (χ2n) is 7.97. The Labute approximate surface area is 192 Å². The van der Waals surface area contributed by atoms with E-state index in [0.29, 0.717) is 27.4 Å². The largest absolute Gasteiger partial charge is 0.353 e. The molecular weight excluding hydrogens is 438 g/mol. The Hall–Kier alpha value is -3.49. The Bertz CT molecular complexity index is 1460. The number of sulfonamides is 1. The van der Waals surface area contributed by atoms with Crippen molar-refractivity contribution >= 4 is 37.7 Å². The second-order valence-corrected chi connectivity index (χ2v) is 9.70. The summed E-state index contributed by atoms with van der Waals surface area (Å²) in [5.74, 6) is -0.278. The van der Waals surface area contributed by atoms with Gasteiger partial charge in [-0.15, -0.1) is 0 Å². The Morgan fingerprint density at radius 1 is 0.879 bits per heavy atom. The van der Waals surface area contributed by atoms with Crippen molar-refractivity contribution in [3.8, 4) is 0 Å². The Morgan fingerprint density at radius 3 is 2.12 bits per heavy atom. The molecule has 0 aliphatic heterocycles. The molecule has 0 saturated carbocycles. The summed E-state index contributed by atoms with van der Waals surface area (Å²) >= 11 is 0. The van der Waals surface area contributed by atoms with Crippen LogP contribution in [-0.4, -0.2) is 32.0 Å². The lowest BCUT2D eigenvalue weighted by atomic mass is 10.1. The average Bonchev–Trinajstić information content (AvgIpc) is 2.81. The number of hydrogen-bond donors (Lipinski definition) is 2. The number of carbonyl (C=O) groups is 1. The van der Waals surface area contributed by atoms with E-state index in [1.165, 1.54) is 0 Å². The molecule has 0 spiro atoms. The SMILES string of the molecule is Cc1ccc(C)c(S(=O)(=O)NCCNC(=O)Cn2c3ccccc3c(=O)c3ccccc32)c1. The number of nitrogens with one attached hydrogen (secondary N) is 2. The van der Waals surface area contributed by atoms with Crippen LogP contribution < -0.4 is 15.5 Å². The van der Waals surface area contributed by atoms with Crippen LogP contribution in [0.15, 0.2) is 76.4 Å². The van der Waals surface area contributed by atoms with Crippen LogP contribution in [-0.2, 0) is 21.4 Å². The van der Waals surface area contributed by atoms with Gasteiger partial charge < -0.3 is 9.88 Å². The molecule has 4 rings (SSSR count).